The molecule has 0 saturated heterocycles. The molecular weight excluding hydrogens is 356 g/mol. The maximum absolute atomic E-state index is 12.9. The maximum Gasteiger partial charge on any atom is 0.461 e. The van der Waals surface area contributed by atoms with E-state index in [1.54, 1.807) is 24.3 Å². The van der Waals surface area contributed by atoms with Crippen molar-refractivity contribution in [3.63, 3.8) is 0 Å². The molecule has 0 aliphatic rings. The quantitative estimate of drug-likeness (QED) is 0.459. The molecule has 0 fully saturated rings. The first kappa shape index (κ1) is 19.2. The van der Waals surface area contributed by atoms with Crippen LogP contribution in [-0.2, 0) is 0 Å². The van der Waals surface area contributed by atoms with Crippen molar-refractivity contribution in [2.75, 3.05) is 7.11 Å². The van der Waals surface area contributed by atoms with Crippen LogP contribution in [0.1, 0.15) is 15.9 Å². The number of nitrogens with zero attached hydrogens (tertiary/aromatic N) is 1. The Balaban J connectivity index is 2.03. The molecule has 0 unspecified atom stereocenters. The number of nitrogens with one attached hydrogen (secondary N) is 1. The van der Waals surface area contributed by atoms with Crippen molar-refractivity contribution in [2.24, 2.45) is 5.10 Å². The second-order valence-corrected chi connectivity index (χ2v) is 4.97. The Kier molecular flexibility index (Phi) is 6.16. The summed E-state index contributed by atoms with van der Waals surface area (Å²) in [5.74, 6) is -0.695. The third-order valence-electron chi connectivity index (χ3n) is 3.08. The lowest BCUT2D eigenvalue weighted by atomic mass is 10.2. The smallest absolute Gasteiger partial charge is 0.461 e. The third kappa shape index (κ3) is 5.20. The van der Waals surface area contributed by atoms with Gasteiger partial charge in [0.25, 0.3) is 5.91 Å². The summed E-state index contributed by atoms with van der Waals surface area (Å²) in [4.78, 5) is 12.0. The predicted molar refractivity (Wildman–Crippen MR) is 86.1 cm³/mol. The monoisotopic (exact) mass is 370 g/mol. The number of benzene rings is 2. The average Bonchev–Trinajstić information content (AvgIpc) is 2.61. The van der Waals surface area contributed by atoms with Gasteiger partial charge in [0.1, 0.15) is 11.5 Å². The molecule has 1 N–H and O–H groups in total. The molecule has 0 saturated carbocycles. The largest absolute Gasteiger partial charge is 0.497 e. The number of methoxy groups -OCH3 is 1. The average molecular weight is 370 g/mol. The van der Waals surface area contributed by atoms with Crippen LogP contribution in [0.15, 0.2) is 53.6 Å². The highest BCUT2D eigenvalue weighted by Crippen LogP contribution is 2.27. The van der Waals surface area contributed by atoms with Crippen LogP contribution in [0.25, 0.3) is 0 Å². The van der Waals surface area contributed by atoms with Crippen molar-refractivity contribution in [3.05, 3.63) is 59.7 Å². The van der Waals surface area contributed by atoms with Gasteiger partial charge >= 0.3 is 12.5 Å². The van der Waals surface area contributed by atoms with Gasteiger partial charge in [-0.2, -0.15) is 22.7 Å². The molecule has 2 aromatic rings. The first-order valence-corrected chi connectivity index (χ1v) is 7.24. The molecule has 0 aliphatic heterocycles. The lowest BCUT2D eigenvalue weighted by molar-refractivity contribution is -0.253. The molecule has 2 aromatic carbocycles. The van der Waals surface area contributed by atoms with Crippen LogP contribution in [0.2, 0.25) is 0 Å². The van der Waals surface area contributed by atoms with Gasteiger partial charge in [0.2, 0.25) is 0 Å². The highest BCUT2D eigenvalue weighted by Gasteiger charge is 2.44. The van der Waals surface area contributed by atoms with E-state index in [1.165, 1.54) is 25.5 Å². The van der Waals surface area contributed by atoms with Gasteiger partial charge in [0.15, 0.2) is 0 Å². The zero-order valence-electron chi connectivity index (χ0n) is 13.5. The molecule has 2 rings (SSSR count). The molecule has 0 atom stereocenters. The third-order valence-corrected chi connectivity index (χ3v) is 3.08. The highest BCUT2D eigenvalue weighted by molar-refractivity contribution is 5.95. The van der Waals surface area contributed by atoms with Crippen LogP contribution in [0.4, 0.5) is 17.6 Å². The first-order chi connectivity index (χ1) is 12.3. The molecule has 0 aliphatic carbocycles. The van der Waals surface area contributed by atoms with Crippen molar-refractivity contribution in [1.82, 2.24) is 5.43 Å². The van der Waals surface area contributed by atoms with E-state index in [0.717, 1.165) is 12.1 Å². The van der Waals surface area contributed by atoms with Gasteiger partial charge in [-0.3, -0.25) is 4.79 Å². The normalized spacial score (nSPS) is 11.6. The van der Waals surface area contributed by atoms with Crippen molar-refractivity contribution in [3.8, 4) is 11.5 Å². The Bertz CT molecular complexity index is 797. The van der Waals surface area contributed by atoms with Crippen molar-refractivity contribution in [1.29, 1.82) is 0 Å². The zero-order chi connectivity index (χ0) is 19.2. The van der Waals surface area contributed by atoms with Crippen LogP contribution < -0.4 is 14.9 Å². The van der Waals surface area contributed by atoms with Gasteiger partial charge in [-0.25, -0.2) is 5.43 Å². The minimum atomic E-state index is -4.65. The fourth-order valence-corrected chi connectivity index (χ4v) is 1.85. The van der Waals surface area contributed by atoms with E-state index in [1.807, 2.05) is 0 Å². The zero-order valence-corrected chi connectivity index (χ0v) is 13.5. The van der Waals surface area contributed by atoms with Crippen LogP contribution in [0, 0.1) is 0 Å². The lowest BCUT2D eigenvalue weighted by Crippen LogP contribution is -2.33. The van der Waals surface area contributed by atoms with E-state index in [9.17, 15) is 22.4 Å². The summed E-state index contributed by atoms with van der Waals surface area (Å²) in [7, 11) is 1.50. The van der Waals surface area contributed by atoms with Gasteiger partial charge in [-0.15, -0.1) is 0 Å². The van der Waals surface area contributed by atoms with Crippen molar-refractivity contribution >= 4 is 12.1 Å². The van der Waals surface area contributed by atoms with Crippen LogP contribution in [0.3, 0.4) is 0 Å². The second-order valence-electron chi connectivity index (χ2n) is 4.97. The Morgan fingerprint density at radius 1 is 1.15 bits per heavy atom. The maximum atomic E-state index is 12.9. The molecule has 9 heteroatoms. The fourth-order valence-electron chi connectivity index (χ4n) is 1.85. The number of ether oxygens (including phenoxy) is 2. The summed E-state index contributed by atoms with van der Waals surface area (Å²) in [5, 5.41) is 3.74. The molecule has 5 nitrogen and oxygen atoms in total. The number of carbonyl (C=O) groups excluding carboxylic acids is 1. The Hall–Kier alpha value is -3.10. The number of hydrazone groups is 1. The summed E-state index contributed by atoms with van der Waals surface area (Å²) in [6.45, 7) is 0. The first-order valence-electron chi connectivity index (χ1n) is 7.24. The Morgan fingerprint density at radius 2 is 1.85 bits per heavy atom. The minimum Gasteiger partial charge on any atom is -0.497 e. The highest BCUT2D eigenvalue weighted by atomic mass is 19.3. The molecule has 0 heterocycles. The topological polar surface area (TPSA) is 59.9 Å². The van der Waals surface area contributed by atoms with Crippen molar-refractivity contribution in [2.45, 2.75) is 12.5 Å². The summed E-state index contributed by atoms with van der Waals surface area (Å²) >= 11 is 0. The van der Waals surface area contributed by atoms with Crippen LogP contribution in [0.5, 0.6) is 11.5 Å². The Labute approximate surface area is 146 Å². The summed E-state index contributed by atoms with van der Waals surface area (Å²) in [6, 6.07) is 11.3. The molecule has 1 amide bonds. The number of hydrogen-bond acceptors (Lipinski definition) is 4. The molecule has 0 bridgehead atoms. The predicted octanol–water partition coefficient (Wildman–Crippen LogP) is 3.70. The summed E-state index contributed by atoms with van der Waals surface area (Å²) < 4.78 is 59.1. The summed E-state index contributed by atoms with van der Waals surface area (Å²) in [6.07, 6.45) is -7.29. The minimum absolute atomic E-state index is 0.0876. The van der Waals surface area contributed by atoms with Crippen LogP contribution >= 0.6 is 0 Å². The van der Waals surface area contributed by atoms with Gasteiger partial charge in [-0.1, -0.05) is 18.2 Å². The molecule has 0 spiro atoms. The number of amides is 1. The van der Waals surface area contributed by atoms with Gasteiger partial charge in [0.05, 0.1) is 13.3 Å². The number of rotatable bonds is 7. The van der Waals surface area contributed by atoms with E-state index in [-0.39, 0.29) is 5.56 Å². The van der Waals surface area contributed by atoms with E-state index in [4.69, 9.17) is 4.74 Å². The second kappa shape index (κ2) is 8.32. The summed E-state index contributed by atoms with van der Waals surface area (Å²) in [5.41, 5.74) is 2.76. The van der Waals surface area contributed by atoms with Crippen molar-refractivity contribution < 1.29 is 31.8 Å². The SMILES string of the molecule is COc1cccc(/C=N/NC(=O)c2cccc(OC(F)(F)C(F)F)c2)c1. The fraction of sp³-hybridized carbons (Fsp3) is 0.176. The van der Waals surface area contributed by atoms with E-state index in [2.05, 4.69) is 15.3 Å². The van der Waals surface area contributed by atoms with Crippen LogP contribution in [-0.4, -0.2) is 31.8 Å². The van der Waals surface area contributed by atoms with E-state index >= 15 is 0 Å². The van der Waals surface area contributed by atoms with Gasteiger partial charge < -0.3 is 9.47 Å². The van der Waals surface area contributed by atoms with E-state index in [0.29, 0.717) is 11.3 Å². The number of alkyl halides is 4. The molecular formula is C17H14F4N2O3. The van der Waals surface area contributed by atoms with Gasteiger partial charge in [0, 0.05) is 5.56 Å². The molecule has 138 valence electrons. The molecule has 0 aromatic heterocycles. The number of halogens is 4. The molecule has 0 radical (unpaired) electrons. The Morgan fingerprint density at radius 3 is 2.54 bits per heavy atom. The number of carbonyl (C=O) groups is 1. The standard InChI is InChI=1S/C17H14F4N2O3/c1-25-13-6-2-4-11(8-13)10-22-23-15(24)12-5-3-7-14(9-12)26-17(20,21)16(18)19/h2-10,16H,1H3,(H,23,24)/b22-10+. The van der Waals surface area contributed by atoms with Gasteiger partial charge in [-0.05, 0) is 35.9 Å². The number of hydrogen-bond donors (Lipinski definition) is 1. The molecule has 26 heavy (non-hydrogen) atoms. The lowest BCUT2D eigenvalue weighted by Gasteiger charge is -2.16. The van der Waals surface area contributed by atoms with E-state index < -0.39 is 24.2 Å².